The highest BCUT2D eigenvalue weighted by molar-refractivity contribution is 4.65. The first-order chi connectivity index (χ1) is 7.43. The minimum absolute atomic E-state index is 0. The highest BCUT2D eigenvalue weighted by Gasteiger charge is 2.09. The summed E-state index contributed by atoms with van der Waals surface area (Å²) in [7, 11) is 0. The number of likely N-dealkylation sites (tertiary alicyclic amines) is 1. The molecule has 0 unspecified atom stereocenters. The van der Waals surface area contributed by atoms with Crippen molar-refractivity contribution in [2.75, 3.05) is 19.6 Å². The van der Waals surface area contributed by atoms with E-state index in [2.05, 4.69) is 11.8 Å². The lowest BCUT2D eigenvalue weighted by Crippen LogP contribution is -2.20. The third kappa shape index (κ3) is 8.09. The predicted molar refractivity (Wildman–Crippen MR) is 70.8 cm³/mol. The molecule has 1 fully saturated rings. The Bertz CT molecular complexity index is 133. The summed E-state index contributed by atoms with van der Waals surface area (Å²) in [5, 5.41) is 0. The van der Waals surface area contributed by atoms with Crippen molar-refractivity contribution < 1.29 is 4.70 Å². The SMILES string of the molecule is CCCCCCCCCCN1CCCC1.F. The van der Waals surface area contributed by atoms with Crippen molar-refractivity contribution in [1.29, 1.82) is 0 Å². The molecule has 0 bridgehead atoms. The lowest BCUT2D eigenvalue weighted by molar-refractivity contribution is 0.327. The Labute approximate surface area is 101 Å². The lowest BCUT2D eigenvalue weighted by Gasteiger charge is -2.13. The average Bonchev–Trinajstić information content (AvgIpc) is 2.75. The zero-order valence-corrected chi connectivity index (χ0v) is 11.0. The summed E-state index contributed by atoms with van der Waals surface area (Å²) < 4.78 is 0. The van der Waals surface area contributed by atoms with Gasteiger partial charge in [-0.25, -0.2) is 0 Å². The Kier molecular flexibility index (Phi) is 11.3. The maximum atomic E-state index is 2.64. The second-order valence-electron chi connectivity index (χ2n) is 5.02. The molecule has 0 saturated carbocycles. The summed E-state index contributed by atoms with van der Waals surface area (Å²) in [4.78, 5) is 2.64. The predicted octanol–water partition coefficient (Wildman–Crippen LogP) is 4.38. The topological polar surface area (TPSA) is 3.24 Å². The minimum Gasteiger partial charge on any atom is -0.303 e. The molecule has 0 N–H and O–H groups in total. The van der Waals surface area contributed by atoms with Gasteiger partial charge in [0.15, 0.2) is 0 Å². The van der Waals surface area contributed by atoms with Gasteiger partial charge >= 0.3 is 0 Å². The van der Waals surface area contributed by atoms with E-state index in [4.69, 9.17) is 0 Å². The van der Waals surface area contributed by atoms with Crippen LogP contribution in [0, 0.1) is 0 Å². The van der Waals surface area contributed by atoms with Crippen LogP contribution in [0.25, 0.3) is 0 Å². The van der Waals surface area contributed by atoms with Crippen LogP contribution in [0.3, 0.4) is 0 Å². The Morgan fingerprint density at radius 2 is 1.25 bits per heavy atom. The molecule has 0 aromatic carbocycles. The van der Waals surface area contributed by atoms with E-state index in [1.807, 2.05) is 0 Å². The first-order valence-corrected chi connectivity index (χ1v) is 7.16. The molecular weight excluding hydrogens is 201 g/mol. The van der Waals surface area contributed by atoms with E-state index in [-0.39, 0.29) is 4.70 Å². The summed E-state index contributed by atoms with van der Waals surface area (Å²) in [5.74, 6) is 0. The first kappa shape index (κ1) is 15.9. The standard InChI is InChI=1S/C14H29N.FH/c1-2-3-4-5-6-7-8-9-12-15-13-10-11-14-15;/h2-14H2,1H3;1H. The van der Waals surface area contributed by atoms with Crippen LogP contribution < -0.4 is 0 Å². The fourth-order valence-corrected chi connectivity index (χ4v) is 2.48. The monoisotopic (exact) mass is 231 g/mol. The maximum Gasteiger partial charge on any atom is -0.00183 e. The molecule has 1 aliphatic heterocycles. The number of hydrogen-bond acceptors (Lipinski definition) is 1. The second-order valence-corrected chi connectivity index (χ2v) is 5.02. The Hall–Kier alpha value is -0.110. The number of nitrogens with zero attached hydrogens (tertiary/aromatic N) is 1. The normalized spacial score (nSPS) is 16.3. The molecule has 0 spiro atoms. The molecule has 16 heavy (non-hydrogen) atoms. The molecule has 0 radical (unpaired) electrons. The van der Waals surface area contributed by atoms with E-state index in [1.54, 1.807) is 0 Å². The molecule has 1 heterocycles. The molecule has 1 nitrogen and oxygen atoms in total. The highest BCUT2D eigenvalue weighted by atomic mass is 19.0. The molecule has 0 aromatic rings. The van der Waals surface area contributed by atoms with Gasteiger partial charge < -0.3 is 4.90 Å². The molecule has 2 heteroatoms. The largest absolute Gasteiger partial charge is 0.303 e. The molecule has 0 aliphatic carbocycles. The van der Waals surface area contributed by atoms with Crippen LogP contribution in [-0.2, 0) is 0 Å². The van der Waals surface area contributed by atoms with Crippen molar-refractivity contribution in [3.63, 3.8) is 0 Å². The summed E-state index contributed by atoms with van der Waals surface area (Å²) in [6.45, 7) is 6.40. The molecule has 0 amide bonds. The summed E-state index contributed by atoms with van der Waals surface area (Å²) >= 11 is 0. The molecular formula is C14H30FN. The van der Waals surface area contributed by atoms with Crippen LogP contribution >= 0.6 is 0 Å². The Morgan fingerprint density at radius 1 is 0.750 bits per heavy atom. The minimum atomic E-state index is 0. The van der Waals surface area contributed by atoms with Crippen molar-refractivity contribution >= 4 is 0 Å². The Balaban J connectivity index is 0.00000225. The average molecular weight is 231 g/mol. The van der Waals surface area contributed by atoms with Gasteiger partial charge in [0.05, 0.1) is 0 Å². The van der Waals surface area contributed by atoms with Crippen molar-refractivity contribution in [2.45, 2.75) is 71.1 Å². The summed E-state index contributed by atoms with van der Waals surface area (Å²) in [5.41, 5.74) is 0. The van der Waals surface area contributed by atoms with E-state index in [0.717, 1.165) is 0 Å². The lowest BCUT2D eigenvalue weighted by atomic mass is 10.1. The van der Waals surface area contributed by atoms with Gasteiger partial charge in [0.2, 0.25) is 0 Å². The van der Waals surface area contributed by atoms with Crippen LogP contribution in [0.4, 0.5) is 4.70 Å². The smallest absolute Gasteiger partial charge is 0.00183 e. The molecule has 1 saturated heterocycles. The van der Waals surface area contributed by atoms with Crippen molar-refractivity contribution in [3.8, 4) is 0 Å². The van der Waals surface area contributed by atoms with Gasteiger partial charge in [-0.05, 0) is 38.9 Å². The third-order valence-electron chi connectivity index (χ3n) is 3.53. The van der Waals surface area contributed by atoms with Gasteiger partial charge in [0.1, 0.15) is 0 Å². The fraction of sp³-hybridized carbons (Fsp3) is 1.00. The molecule has 0 atom stereocenters. The number of halogens is 1. The number of rotatable bonds is 9. The molecule has 98 valence electrons. The van der Waals surface area contributed by atoms with Crippen molar-refractivity contribution in [2.24, 2.45) is 0 Å². The van der Waals surface area contributed by atoms with Gasteiger partial charge in [-0.3, -0.25) is 4.70 Å². The molecule has 1 aliphatic rings. The van der Waals surface area contributed by atoms with Crippen LogP contribution in [-0.4, -0.2) is 24.5 Å². The van der Waals surface area contributed by atoms with E-state index >= 15 is 0 Å². The van der Waals surface area contributed by atoms with E-state index in [0.29, 0.717) is 0 Å². The first-order valence-electron chi connectivity index (χ1n) is 7.16. The third-order valence-corrected chi connectivity index (χ3v) is 3.53. The van der Waals surface area contributed by atoms with Gasteiger partial charge in [-0.2, -0.15) is 0 Å². The molecule has 1 rings (SSSR count). The second kappa shape index (κ2) is 11.4. The zero-order valence-electron chi connectivity index (χ0n) is 11.0. The van der Waals surface area contributed by atoms with Gasteiger partial charge in [-0.1, -0.05) is 51.9 Å². The maximum absolute atomic E-state index is 2.64. The fourth-order valence-electron chi connectivity index (χ4n) is 2.48. The van der Waals surface area contributed by atoms with Gasteiger partial charge in [0, 0.05) is 0 Å². The zero-order chi connectivity index (χ0) is 10.8. The van der Waals surface area contributed by atoms with E-state index < -0.39 is 0 Å². The molecule has 0 aromatic heterocycles. The summed E-state index contributed by atoms with van der Waals surface area (Å²) in [6.07, 6.45) is 14.5. The highest BCUT2D eigenvalue weighted by Crippen LogP contribution is 2.11. The van der Waals surface area contributed by atoms with Gasteiger partial charge in [-0.15, -0.1) is 0 Å². The van der Waals surface area contributed by atoms with Crippen LogP contribution in [0.1, 0.15) is 71.1 Å². The van der Waals surface area contributed by atoms with Crippen LogP contribution in [0.15, 0.2) is 0 Å². The number of hydrogen-bond donors (Lipinski definition) is 0. The number of unbranched alkanes of at least 4 members (excludes halogenated alkanes) is 7. The van der Waals surface area contributed by atoms with E-state index in [1.165, 1.54) is 83.8 Å². The van der Waals surface area contributed by atoms with Crippen molar-refractivity contribution in [3.05, 3.63) is 0 Å². The van der Waals surface area contributed by atoms with Crippen molar-refractivity contribution in [1.82, 2.24) is 4.90 Å². The quantitative estimate of drug-likeness (QED) is 0.532. The van der Waals surface area contributed by atoms with Crippen LogP contribution in [0.2, 0.25) is 0 Å². The summed E-state index contributed by atoms with van der Waals surface area (Å²) in [6, 6.07) is 0. The van der Waals surface area contributed by atoms with E-state index in [9.17, 15) is 0 Å². The Morgan fingerprint density at radius 3 is 1.81 bits per heavy atom. The van der Waals surface area contributed by atoms with Gasteiger partial charge in [0.25, 0.3) is 0 Å². The van der Waals surface area contributed by atoms with Crippen LogP contribution in [0.5, 0.6) is 0 Å².